The number of hydrogen-bond donors (Lipinski definition) is 2. The van der Waals surface area contributed by atoms with E-state index in [2.05, 4.69) is 47.0 Å². The van der Waals surface area contributed by atoms with Crippen LogP contribution in [0.1, 0.15) is 36.9 Å². The van der Waals surface area contributed by atoms with Crippen molar-refractivity contribution in [2.45, 2.75) is 38.6 Å². The summed E-state index contributed by atoms with van der Waals surface area (Å²) in [5.74, 6) is 1.22. The van der Waals surface area contributed by atoms with Crippen LogP contribution in [0, 0.1) is 13.5 Å². The maximum absolute atomic E-state index is 11.4. The molecule has 0 amide bonds. The van der Waals surface area contributed by atoms with Crippen LogP contribution < -0.4 is 5.32 Å². The summed E-state index contributed by atoms with van der Waals surface area (Å²) in [4.78, 5) is 19.3. The number of rotatable bonds is 3. The van der Waals surface area contributed by atoms with Gasteiger partial charge in [-0.2, -0.15) is 0 Å². The number of aryl methyl sites for hydroxylation is 1. The summed E-state index contributed by atoms with van der Waals surface area (Å²) < 4.78 is 0. The molecule has 0 atom stereocenters. The number of aromatic amines is 1. The van der Waals surface area contributed by atoms with Crippen molar-refractivity contribution < 1.29 is 4.79 Å². The van der Waals surface area contributed by atoms with Gasteiger partial charge in [0.25, 0.3) is 0 Å². The van der Waals surface area contributed by atoms with Gasteiger partial charge in [-0.3, -0.25) is 9.79 Å². The molecule has 2 heterocycles. The highest BCUT2D eigenvalue weighted by Gasteiger charge is 2.20. The van der Waals surface area contributed by atoms with Crippen LogP contribution in [0.2, 0.25) is 0 Å². The zero-order chi connectivity index (χ0) is 15.8. The summed E-state index contributed by atoms with van der Waals surface area (Å²) in [6, 6.07) is 6.92. The zero-order valence-corrected chi connectivity index (χ0v) is 13.9. The van der Waals surface area contributed by atoms with Crippen LogP contribution >= 0.6 is 11.8 Å². The lowest BCUT2D eigenvalue weighted by molar-refractivity contribution is -0.120. The van der Waals surface area contributed by atoms with E-state index in [1.165, 1.54) is 10.9 Å². The second kappa shape index (κ2) is 6.04. The van der Waals surface area contributed by atoms with Crippen molar-refractivity contribution in [3.63, 3.8) is 0 Å². The highest BCUT2D eigenvalue weighted by Crippen LogP contribution is 2.31. The van der Waals surface area contributed by atoms with Gasteiger partial charge in [-0.15, -0.1) is 11.8 Å². The second-order valence-corrected chi connectivity index (χ2v) is 7.24. The molecule has 2 aliphatic rings. The summed E-state index contributed by atoms with van der Waals surface area (Å²) in [5, 5.41) is 5.85. The number of carbonyl (C=O) groups excluding carboxylic acids is 1. The molecular weight excluding hydrogens is 306 g/mol. The van der Waals surface area contributed by atoms with E-state index in [0.717, 1.165) is 40.5 Å². The van der Waals surface area contributed by atoms with Gasteiger partial charge in [0, 0.05) is 30.0 Å². The Balaban J connectivity index is 1.66. The first kappa shape index (κ1) is 14.8. The number of nitrogens with one attached hydrogen (secondary N) is 2. The Kier molecular flexibility index (Phi) is 3.89. The SMILES string of the molecule is Cc1cc(NC2CCC(=O)CC2)c2[nH]c(C3=N[C]CS3)cc2c1. The molecule has 1 aromatic heterocycles. The van der Waals surface area contributed by atoms with E-state index in [1.807, 2.05) is 0 Å². The van der Waals surface area contributed by atoms with Gasteiger partial charge in [-0.1, -0.05) is 0 Å². The number of benzene rings is 1. The summed E-state index contributed by atoms with van der Waals surface area (Å²) in [6.07, 6.45) is 3.24. The number of aliphatic imine (C=N–C) groups is 1. The first-order chi connectivity index (χ1) is 11.2. The van der Waals surface area contributed by atoms with E-state index < -0.39 is 0 Å². The number of H-pyrrole nitrogens is 1. The van der Waals surface area contributed by atoms with Crippen LogP contribution in [0.3, 0.4) is 0 Å². The molecule has 5 heteroatoms. The zero-order valence-electron chi connectivity index (χ0n) is 13.1. The van der Waals surface area contributed by atoms with Crippen LogP contribution in [-0.2, 0) is 4.79 Å². The maximum atomic E-state index is 11.4. The number of Topliss-reactive ketones (excluding diaryl/α,β-unsaturated/α-hetero) is 1. The molecule has 0 spiro atoms. The molecule has 1 saturated carbocycles. The smallest absolute Gasteiger partial charge is 0.133 e. The minimum absolute atomic E-state index is 0.379. The third-order valence-corrected chi connectivity index (χ3v) is 5.32. The Bertz CT molecular complexity index is 783. The Labute approximate surface area is 140 Å². The number of ketones is 1. The lowest BCUT2D eigenvalue weighted by Crippen LogP contribution is -2.26. The summed E-state index contributed by atoms with van der Waals surface area (Å²) in [7, 11) is 0. The Morgan fingerprint density at radius 3 is 2.87 bits per heavy atom. The highest BCUT2D eigenvalue weighted by molar-refractivity contribution is 8.14. The van der Waals surface area contributed by atoms with Gasteiger partial charge in [0.2, 0.25) is 0 Å². The van der Waals surface area contributed by atoms with Crippen LogP contribution in [0.15, 0.2) is 23.2 Å². The van der Waals surface area contributed by atoms with Crippen LogP contribution in [0.4, 0.5) is 5.69 Å². The molecule has 4 nitrogen and oxygen atoms in total. The van der Waals surface area contributed by atoms with Crippen LogP contribution in [0.25, 0.3) is 10.9 Å². The van der Waals surface area contributed by atoms with E-state index in [1.54, 1.807) is 11.8 Å². The quantitative estimate of drug-likeness (QED) is 0.899. The lowest BCUT2D eigenvalue weighted by atomic mass is 9.94. The van der Waals surface area contributed by atoms with Gasteiger partial charge in [0.15, 0.2) is 0 Å². The molecule has 1 aliphatic carbocycles. The van der Waals surface area contributed by atoms with Gasteiger partial charge in [-0.25, -0.2) is 0 Å². The molecule has 0 bridgehead atoms. The monoisotopic (exact) mass is 325 g/mol. The number of nitrogens with zero attached hydrogens (tertiary/aromatic N) is 1. The molecule has 0 saturated heterocycles. The van der Waals surface area contributed by atoms with Crippen molar-refractivity contribution in [1.82, 2.24) is 4.98 Å². The topological polar surface area (TPSA) is 57.2 Å². The summed E-state index contributed by atoms with van der Waals surface area (Å²) >= 11 is 1.71. The molecular formula is C18H19N3OS. The molecule has 2 aromatic rings. The average molecular weight is 325 g/mol. The van der Waals surface area contributed by atoms with Gasteiger partial charge in [0.05, 0.1) is 16.9 Å². The molecule has 118 valence electrons. The summed E-state index contributed by atoms with van der Waals surface area (Å²) in [6.45, 7) is 5.11. The number of carbonyl (C=O) groups is 1. The molecule has 1 fully saturated rings. The fourth-order valence-electron chi connectivity index (χ4n) is 3.30. The van der Waals surface area contributed by atoms with Crippen molar-refractivity contribution >= 4 is 39.2 Å². The van der Waals surface area contributed by atoms with Crippen LogP contribution in [0.5, 0.6) is 0 Å². The largest absolute Gasteiger partial charge is 0.381 e. The van der Waals surface area contributed by atoms with Crippen molar-refractivity contribution in [3.05, 3.63) is 36.0 Å². The van der Waals surface area contributed by atoms with E-state index in [-0.39, 0.29) is 0 Å². The third-order valence-electron chi connectivity index (χ3n) is 4.46. The number of anilines is 1. The van der Waals surface area contributed by atoms with Crippen molar-refractivity contribution in [2.75, 3.05) is 11.1 Å². The van der Waals surface area contributed by atoms with E-state index in [4.69, 9.17) is 0 Å². The average Bonchev–Trinajstić information content (AvgIpc) is 3.18. The minimum Gasteiger partial charge on any atom is -0.381 e. The fraction of sp³-hybridized carbons (Fsp3) is 0.389. The number of fused-ring (bicyclic) bond motifs is 1. The van der Waals surface area contributed by atoms with Crippen LogP contribution in [-0.4, -0.2) is 27.6 Å². The molecule has 2 N–H and O–H groups in total. The molecule has 0 unspecified atom stereocenters. The van der Waals surface area contributed by atoms with Gasteiger partial charge < -0.3 is 10.3 Å². The lowest BCUT2D eigenvalue weighted by Gasteiger charge is -2.23. The molecule has 1 aliphatic heterocycles. The van der Waals surface area contributed by atoms with Crippen molar-refractivity contribution in [1.29, 1.82) is 0 Å². The Hall–Kier alpha value is -1.75. The van der Waals surface area contributed by atoms with E-state index >= 15 is 0 Å². The first-order valence-electron chi connectivity index (χ1n) is 8.04. The number of hydrogen-bond acceptors (Lipinski definition) is 4. The molecule has 1 aromatic carbocycles. The minimum atomic E-state index is 0.379. The number of thioether (sulfide) groups is 1. The van der Waals surface area contributed by atoms with E-state index in [0.29, 0.717) is 24.7 Å². The molecule has 4 rings (SSSR count). The maximum Gasteiger partial charge on any atom is 0.133 e. The predicted molar refractivity (Wildman–Crippen MR) is 96.2 cm³/mol. The first-order valence-corrected chi connectivity index (χ1v) is 9.03. The standard InChI is InChI=1S/C18H19N3OS/c1-11-8-12-10-16(18-19-6-7-23-18)21-17(12)15(9-11)20-13-2-4-14(22)5-3-13/h8-10,13,20-21H,2-5,7H2,1H3. The highest BCUT2D eigenvalue weighted by atomic mass is 32.2. The molecule has 23 heavy (non-hydrogen) atoms. The van der Waals surface area contributed by atoms with Gasteiger partial charge in [-0.05, 0) is 43.5 Å². The van der Waals surface area contributed by atoms with E-state index in [9.17, 15) is 4.79 Å². The van der Waals surface area contributed by atoms with Gasteiger partial charge in [0.1, 0.15) is 17.4 Å². The second-order valence-electron chi connectivity index (χ2n) is 6.28. The Morgan fingerprint density at radius 2 is 2.13 bits per heavy atom. The fourth-order valence-corrected chi connectivity index (χ4v) is 3.96. The van der Waals surface area contributed by atoms with Crippen molar-refractivity contribution in [2.24, 2.45) is 4.99 Å². The summed E-state index contributed by atoms with van der Waals surface area (Å²) in [5.41, 5.74) is 4.54. The van der Waals surface area contributed by atoms with Crippen molar-refractivity contribution in [3.8, 4) is 0 Å². The molecule has 2 radical (unpaired) electrons. The third kappa shape index (κ3) is 3.02. The Morgan fingerprint density at radius 1 is 1.30 bits per heavy atom. The number of aromatic nitrogens is 1. The van der Waals surface area contributed by atoms with Gasteiger partial charge >= 0.3 is 0 Å². The normalized spacial score (nSPS) is 19.3. The predicted octanol–water partition coefficient (Wildman–Crippen LogP) is 3.93.